The van der Waals surface area contributed by atoms with E-state index < -0.39 is 5.79 Å². The largest absolute Gasteiger partial charge is 0.451 e. The fourth-order valence-electron chi connectivity index (χ4n) is 2.90. The lowest BCUT2D eigenvalue weighted by molar-refractivity contribution is -0.148. The molecule has 3 nitrogen and oxygen atoms in total. The van der Waals surface area contributed by atoms with Crippen LogP contribution < -0.4 is 4.74 Å². The first-order chi connectivity index (χ1) is 9.13. The molecule has 1 aliphatic heterocycles. The minimum Gasteiger partial charge on any atom is -0.451 e. The lowest BCUT2D eigenvalue weighted by atomic mass is 9.96. The van der Waals surface area contributed by atoms with E-state index in [9.17, 15) is 4.79 Å². The number of benzene rings is 1. The van der Waals surface area contributed by atoms with Crippen molar-refractivity contribution in [1.82, 2.24) is 0 Å². The van der Waals surface area contributed by atoms with Crippen molar-refractivity contribution < 1.29 is 14.3 Å². The first-order valence-corrected chi connectivity index (χ1v) is 7.20. The summed E-state index contributed by atoms with van der Waals surface area (Å²) in [5.74, 6) is 0.223. The molecule has 1 saturated carbocycles. The molecule has 102 valence electrons. The monoisotopic (exact) mass is 260 g/mol. The standard InChI is InChI=1S/C16H20O3/c1-3-11(2)12-6-7-14-13(10-12)15(17)19-16(18-14)8-4-5-9-16/h6-7,10-11H,3-5,8-9H2,1-2H3. The van der Waals surface area contributed by atoms with Crippen LogP contribution in [0.15, 0.2) is 18.2 Å². The summed E-state index contributed by atoms with van der Waals surface area (Å²) >= 11 is 0. The second-order valence-corrected chi connectivity index (χ2v) is 5.67. The molecule has 1 aromatic rings. The molecule has 1 heterocycles. The molecule has 0 amide bonds. The Kier molecular flexibility index (Phi) is 3.00. The van der Waals surface area contributed by atoms with Crippen LogP contribution in [0.4, 0.5) is 0 Å². The van der Waals surface area contributed by atoms with Gasteiger partial charge in [0.05, 0.1) is 0 Å². The van der Waals surface area contributed by atoms with Gasteiger partial charge >= 0.3 is 5.97 Å². The van der Waals surface area contributed by atoms with Crippen LogP contribution in [-0.4, -0.2) is 11.8 Å². The van der Waals surface area contributed by atoms with Gasteiger partial charge in [-0.25, -0.2) is 4.79 Å². The molecular weight excluding hydrogens is 240 g/mol. The third-order valence-electron chi connectivity index (χ3n) is 4.34. The maximum absolute atomic E-state index is 12.2. The molecule has 0 radical (unpaired) electrons. The van der Waals surface area contributed by atoms with Gasteiger partial charge in [0.25, 0.3) is 5.79 Å². The molecule has 0 bridgehead atoms. The van der Waals surface area contributed by atoms with E-state index >= 15 is 0 Å². The molecule has 2 aliphatic rings. The van der Waals surface area contributed by atoms with Gasteiger partial charge in [-0.1, -0.05) is 19.9 Å². The summed E-state index contributed by atoms with van der Waals surface area (Å²) in [5, 5.41) is 0. The molecule has 3 rings (SSSR count). The van der Waals surface area contributed by atoms with Crippen LogP contribution >= 0.6 is 0 Å². The molecule has 3 heteroatoms. The number of ether oxygens (including phenoxy) is 2. The zero-order valence-corrected chi connectivity index (χ0v) is 11.6. The predicted molar refractivity (Wildman–Crippen MR) is 72.4 cm³/mol. The second-order valence-electron chi connectivity index (χ2n) is 5.67. The molecule has 1 aromatic carbocycles. The van der Waals surface area contributed by atoms with Crippen molar-refractivity contribution in [3.63, 3.8) is 0 Å². The van der Waals surface area contributed by atoms with Gasteiger partial charge in [-0.15, -0.1) is 0 Å². The van der Waals surface area contributed by atoms with E-state index in [1.807, 2.05) is 12.1 Å². The summed E-state index contributed by atoms with van der Waals surface area (Å²) in [4.78, 5) is 12.2. The lowest BCUT2D eigenvalue weighted by Crippen LogP contribution is -2.42. The molecule has 0 saturated heterocycles. The Hall–Kier alpha value is -1.51. The first-order valence-electron chi connectivity index (χ1n) is 7.20. The second kappa shape index (κ2) is 4.55. The molecule has 1 atom stereocenters. The highest BCUT2D eigenvalue weighted by atomic mass is 16.7. The van der Waals surface area contributed by atoms with Gasteiger partial charge in [0, 0.05) is 12.8 Å². The number of hydrogen-bond donors (Lipinski definition) is 0. The van der Waals surface area contributed by atoms with E-state index in [1.165, 1.54) is 5.56 Å². The number of rotatable bonds is 2. The van der Waals surface area contributed by atoms with Gasteiger partial charge in [-0.3, -0.25) is 0 Å². The Labute approximate surface area is 113 Å². The Morgan fingerprint density at radius 3 is 2.68 bits per heavy atom. The van der Waals surface area contributed by atoms with Gasteiger partial charge in [-0.05, 0) is 42.9 Å². The summed E-state index contributed by atoms with van der Waals surface area (Å²) in [6, 6.07) is 5.92. The lowest BCUT2D eigenvalue weighted by Gasteiger charge is -2.34. The van der Waals surface area contributed by atoms with E-state index in [0.717, 1.165) is 32.1 Å². The average molecular weight is 260 g/mol. The van der Waals surface area contributed by atoms with Crippen LogP contribution in [0.25, 0.3) is 0 Å². The quantitative estimate of drug-likeness (QED) is 0.753. The normalized spacial score (nSPS) is 21.7. The summed E-state index contributed by atoms with van der Waals surface area (Å²) in [6.45, 7) is 4.31. The summed E-state index contributed by atoms with van der Waals surface area (Å²) in [6.07, 6.45) is 4.80. The van der Waals surface area contributed by atoms with Crippen LogP contribution in [-0.2, 0) is 4.74 Å². The van der Waals surface area contributed by atoms with Crippen LogP contribution in [0.2, 0.25) is 0 Å². The zero-order chi connectivity index (χ0) is 13.5. The maximum Gasteiger partial charge on any atom is 0.345 e. The number of fused-ring (bicyclic) bond motifs is 1. The van der Waals surface area contributed by atoms with Gasteiger partial charge < -0.3 is 9.47 Å². The minimum absolute atomic E-state index is 0.228. The van der Waals surface area contributed by atoms with Gasteiger partial charge in [0.1, 0.15) is 11.3 Å². The van der Waals surface area contributed by atoms with Crippen molar-refractivity contribution in [2.45, 2.75) is 57.7 Å². The number of esters is 1. The number of carbonyl (C=O) groups excluding carboxylic acids is 1. The van der Waals surface area contributed by atoms with Gasteiger partial charge in [0.2, 0.25) is 0 Å². The highest BCUT2D eigenvalue weighted by Crippen LogP contribution is 2.41. The van der Waals surface area contributed by atoms with Gasteiger partial charge in [0.15, 0.2) is 0 Å². The summed E-state index contributed by atoms with van der Waals surface area (Å²) in [5.41, 5.74) is 1.75. The average Bonchev–Trinajstić information content (AvgIpc) is 2.85. The van der Waals surface area contributed by atoms with Crippen molar-refractivity contribution >= 4 is 5.97 Å². The topological polar surface area (TPSA) is 35.5 Å². The molecule has 1 aliphatic carbocycles. The molecule has 1 unspecified atom stereocenters. The number of hydrogen-bond acceptors (Lipinski definition) is 3. The third kappa shape index (κ3) is 2.11. The van der Waals surface area contributed by atoms with E-state index in [2.05, 4.69) is 19.9 Å². The van der Waals surface area contributed by atoms with Crippen LogP contribution in [0.3, 0.4) is 0 Å². The molecule has 1 spiro atoms. The first kappa shape index (κ1) is 12.5. The van der Waals surface area contributed by atoms with E-state index in [1.54, 1.807) is 0 Å². The smallest absolute Gasteiger partial charge is 0.345 e. The van der Waals surface area contributed by atoms with Crippen molar-refractivity contribution in [3.8, 4) is 5.75 Å². The summed E-state index contributed by atoms with van der Waals surface area (Å²) in [7, 11) is 0. The van der Waals surface area contributed by atoms with Gasteiger partial charge in [-0.2, -0.15) is 0 Å². The molecule has 0 aromatic heterocycles. The van der Waals surface area contributed by atoms with E-state index in [-0.39, 0.29) is 5.97 Å². The van der Waals surface area contributed by atoms with Crippen molar-refractivity contribution in [3.05, 3.63) is 29.3 Å². The van der Waals surface area contributed by atoms with Crippen molar-refractivity contribution in [2.24, 2.45) is 0 Å². The molecule has 0 N–H and O–H groups in total. The van der Waals surface area contributed by atoms with Crippen LogP contribution in [0.1, 0.15) is 67.8 Å². The zero-order valence-electron chi connectivity index (χ0n) is 11.6. The van der Waals surface area contributed by atoms with Crippen LogP contribution in [0.5, 0.6) is 5.75 Å². The number of carbonyl (C=O) groups is 1. The predicted octanol–water partition coefficient (Wildman–Crippen LogP) is 4.02. The Bertz CT molecular complexity index is 501. The van der Waals surface area contributed by atoms with Crippen molar-refractivity contribution in [2.75, 3.05) is 0 Å². The Balaban J connectivity index is 1.95. The maximum atomic E-state index is 12.2. The van der Waals surface area contributed by atoms with Crippen molar-refractivity contribution in [1.29, 1.82) is 0 Å². The van der Waals surface area contributed by atoms with E-state index in [0.29, 0.717) is 17.2 Å². The SMILES string of the molecule is CCC(C)c1ccc2c(c1)C(=O)OC1(CCCC1)O2. The highest BCUT2D eigenvalue weighted by molar-refractivity contribution is 5.94. The minimum atomic E-state index is -0.679. The Morgan fingerprint density at radius 1 is 1.26 bits per heavy atom. The Morgan fingerprint density at radius 2 is 2.00 bits per heavy atom. The fourth-order valence-corrected chi connectivity index (χ4v) is 2.90. The fraction of sp³-hybridized carbons (Fsp3) is 0.562. The van der Waals surface area contributed by atoms with Crippen LogP contribution in [0, 0.1) is 0 Å². The highest BCUT2D eigenvalue weighted by Gasteiger charge is 2.44. The molecular formula is C16H20O3. The summed E-state index contributed by atoms with van der Waals surface area (Å²) < 4.78 is 11.5. The third-order valence-corrected chi connectivity index (χ3v) is 4.34. The van der Waals surface area contributed by atoms with E-state index in [4.69, 9.17) is 9.47 Å². The molecule has 19 heavy (non-hydrogen) atoms. The molecule has 1 fully saturated rings.